The predicted molar refractivity (Wildman–Crippen MR) is 109 cm³/mol. The molecule has 3 aromatic rings. The molecule has 1 aromatic heterocycles. The molecule has 0 fully saturated rings. The minimum atomic E-state index is -0.116. The van der Waals surface area contributed by atoms with Gasteiger partial charge < -0.3 is 15.4 Å². The van der Waals surface area contributed by atoms with E-state index < -0.39 is 0 Å². The van der Waals surface area contributed by atoms with Gasteiger partial charge in [-0.05, 0) is 29.8 Å². The lowest BCUT2D eigenvalue weighted by Crippen LogP contribution is -2.05. The molecule has 7 heteroatoms. The molecule has 1 aliphatic heterocycles. The van der Waals surface area contributed by atoms with E-state index in [0.29, 0.717) is 18.1 Å². The molecule has 2 heterocycles. The van der Waals surface area contributed by atoms with Crippen molar-refractivity contribution >= 4 is 29.5 Å². The lowest BCUT2D eigenvalue weighted by molar-refractivity contribution is -0.114. The maximum atomic E-state index is 11.3. The van der Waals surface area contributed by atoms with Gasteiger partial charge in [0.25, 0.3) is 0 Å². The van der Waals surface area contributed by atoms with Crippen LogP contribution >= 0.6 is 0 Å². The summed E-state index contributed by atoms with van der Waals surface area (Å²) >= 11 is 0. The number of nitrogens with zero attached hydrogens (tertiary/aromatic N) is 3. The van der Waals surface area contributed by atoms with Gasteiger partial charge in [0.1, 0.15) is 11.9 Å². The molecule has 0 radical (unpaired) electrons. The molecule has 4 rings (SSSR count). The molecule has 1 aliphatic rings. The van der Waals surface area contributed by atoms with Gasteiger partial charge >= 0.3 is 0 Å². The number of aromatic nitrogens is 2. The molecule has 2 N–H and O–H groups in total. The number of nitrogens with one attached hydrogen (secondary N) is 2. The molecule has 0 saturated heterocycles. The second-order valence-electron chi connectivity index (χ2n) is 6.40. The van der Waals surface area contributed by atoms with Crippen LogP contribution in [-0.2, 0) is 9.53 Å². The van der Waals surface area contributed by atoms with Crippen LogP contribution in [0.2, 0.25) is 0 Å². The van der Waals surface area contributed by atoms with Crippen molar-refractivity contribution in [1.82, 2.24) is 9.97 Å². The van der Waals surface area contributed by atoms with Gasteiger partial charge in [-0.1, -0.05) is 24.3 Å². The monoisotopic (exact) mass is 373 g/mol. The van der Waals surface area contributed by atoms with Crippen molar-refractivity contribution in [2.45, 2.75) is 13.0 Å². The number of hydrogen-bond acceptors (Lipinski definition) is 6. The molecule has 1 atom stereocenters. The van der Waals surface area contributed by atoms with E-state index in [2.05, 4.69) is 25.6 Å². The second kappa shape index (κ2) is 7.87. The summed E-state index contributed by atoms with van der Waals surface area (Å²) in [4.78, 5) is 24.3. The molecule has 0 spiro atoms. The summed E-state index contributed by atoms with van der Waals surface area (Å²) < 4.78 is 5.48. The smallest absolute Gasteiger partial charge is 0.221 e. The van der Waals surface area contributed by atoms with Gasteiger partial charge in [0.15, 0.2) is 6.40 Å². The maximum absolute atomic E-state index is 11.3. The van der Waals surface area contributed by atoms with E-state index in [0.717, 1.165) is 22.5 Å². The molecule has 0 aliphatic carbocycles. The number of hydrogen-bond donors (Lipinski definition) is 2. The Labute approximate surface area is 162 Å². The van der Waals surface area contributed by atoms with Crippen molar-refractivity contribution < 1.29 is 9.53 Å². The van der Waals surface area contributed by atoms with Crippen LogP contribution in [0.15, 0.2) is 65.9 Å². The lowest BCUT2D eigenvalue weighted by Gasteiger charge is -2.12. The number of aliphatic imine (C=N–C) groups is 1. The van der Waals surface area contributed by atoms with Crippen molar-refractivity contribution in [3.8, 4) is 11.3 Å². The zero-order chi connectivity index (χ0) is 19.3. The van der Waals surface area contributed by atoms with E-state index in [-0.39, 0.29) is 12.0 Å². The number of amides is 1. The Morgan fingerprint density at radius 3 is 2.79 bits per heavy atom. The zero-order valence-electron chi connectivity index (χ0n) is 15.3. The normalized spacial score (nSPS) is 15.1. The molecule has 7 nitrogen and oxygen atoms in total. The van der Waals surface area contributed by atoms with Crippen LogP contribution in [-0.4, -0.2) is 28.8 Å². The SMILES string of the molecule is CC(=O)Nc1cccc(-c2cncc(Nc3cccc(C4CN=CO4)c3)n2)c1. The van der Waals surface area contributed by atoms with Gasteiger partial charge in [0, 0.05) is 23.9 Å². The van der Waals surface area contributed by atoms with E-state index >= 15 is 0 Å². The summed E-state index contributed by atoms with van der Waals surface area (Å²) in [6.07, 6.45) is 4.81. The first kappa shape index (κ1) is 17.7. The Kier molecular flexibility index (Phi) is 4.97. The van der Waals surface area contributed by atoms with E-state index in [9.17, 15) is 4.79 Å². The largest absolute Gasteiger partial charge is 0.474 e. The Balaban J connectivity index is 1.55. The quantitative estimate of drug-likeness (QED) is 0.707. The van der Waals surface area contributed by atoms with Crippen LogP contribution in [0.5, 0.6) is 0 Å². The van der Waals surface area contributed by atoms with Crippen LogP contribution in [0, 0.1) is 0 Å². The van der Waals surface area contributed by atoms with Crippen LogP contribution in [0.25, 0.3) is 11.3 Å². The van der Waals surface area contributed by atoms with Crippen molar-refractivity contribution in [3.63, 3.8) is 0 Å². The molecule has 0 saturated carbocycles. The zero-order valence-corrected chi connectivity index (χ0v) is 15.3. The van der Waals surface area contributed by atoms with Crippen molar-refractivity contribution in [2.24, 2.45) is 4.99 Å². The highest BCUT2D eigenvalue weighted by Crippen LogP contribution is 2.26. The summed E-state index contributed by atoms with van der Waals surface area (Å²) in [5, 5.41) is 6.06. The van der Waals surface area contributed by atoms with E-state index in [1.54, 1.807) is 12.4 Å². The van der Waals surface area contributed by atoms with E-state index in [1.807, 2.05) is 48.5 Å². The van der Waals surface area contributed by atoms with Crippen LogP contribution in [0.4, 0.5) is 17.2 Å². The molecule has 1 unspecified atom stereocenters. The number of anilines is 3. The van der Waals surface area contributed by atoms with E-state index in [4.69, 9.17) is 4.74 Å². The third kappa shape index (κ3) is 4.15. The number of carbonyl (C=O) groups excluding carboxylic acids is 1. The van der Waals surface area contributed by atoms with E-state index in [1.165, 1.54) is 13.3 Å². The molecule has 28 heavy (non-hydrogen) atoms. The second-order valence-corrected chi connectivity index (χ2v) is 6.40. The molecule has 140 valence electrons. The molecular formula is C21H19N5O2. The van der Waals surface area contributed by atoms with Gasteiger partial charge in [0.2, 0.25) is 5.91 Å². The van der Waals surface area contributed by atoms with Gasteiger partial charge in [-0.3, -0.25) is 14.8 Å². The molecule has 1 amide bonds. The third-order valence-electron chi connectivity index (χ3n) is 4.21. The fraction of sp³-hybridized carbons (Fsp3) is 0.143. The summed E-state index contributed by atoms with van der Waals surface area (Å²) in [6, 6.07) is 15.5. The van der Waals surface area contributed by atoms with Gasteiger partial charge in [-0.15, -0.1) is 0 Å². The summed E-state index contributed by atoms with van der Waals surface area (Å²) in [5.41, 5.74) is 4.24. The molecule has 2 aromatic carbocycles. The van der Waals surface area contributed by atoms with Crippen LogP contribution in [0.1, 0.15) is 18.6 Å². The Morgan fingerprint density at radius 1 is 1.11 bits per heavy atom. The first-order valence-corrected chi connectivity index (χ1v) is 8.88. The summed E-state index contributed by atoms with van der Waals surface area (Å²) in [5.74, 6) is 0.512. The van der Waals surface area contributed by atoms with Crippen LogP contribution < -0.4 is 10.6 Å². The van der Waals surface area contributed by atoms with Gasteiger partial charge in [-0.2, -0.15) is 0 Å². The van der Waals surface area contributed by atoms with Crippen molar-refractivity contribution in [1.29, 1.82) is 0 Å². The Bertz CT molecular complexity index is 1030. The Hall–Kier alpha value is -3.74. The lowest BCUT2D eigenvalue weighted by atomic mass is 10.1. The highest BCUT2D eigenvalue weighted by molar-refractivity contribution is 5.89. The minimum Gasteiger partial charge on any atom is -0.474 e. The van der Waals surface area contributed by atoms with Gasteiger partial charge in [0.05, 0.1) is 24.6 Å². The topological polar surface area (TPSA) is 88.5 Å². The molecule has 0 bridgehead atoms. The number of carbonyl (C=O) groups is 1. The maximum Gasteiger partial charge on any atom is 0.221 e. The van der Waals surface area contributed by atoms with Crippen LogP contribution in [0.3, 0.4) is 0 Å². The summed E-state index contributed by atoms with van der Waals surface area (Å²) in [7, 11) is 0. The van der Waals surface area contributed by atoms with Gasteiger partial charge in [-0.25, -0.2) is 4.98 Å². The highest BCUT2D eigenvalue weighted by atomic mass is 16.5. The first-order chi connectivity index (χ1) is 13.7. The van der Waals surface area contributed by atoms with Crippen molar-refractivity contribution in [3.05, 3.63) is 66.5 Å². The minimum absolute atomic E-state index is 0.0457. The number of benzene rings is 2. The average Bonchev–Trinajstić information content (AvgIpc) is 3.23. The summed E-state index contributed by atoms with van der Waals surface area (Å²) in [6.45, 7) is 2.11. The fourth-order valence-electron chi connectivity index (χ4n) is 2.97. The third-order valence-corrected chi connectivity index (χ3v) is 4.21. The number of rotatable bonds is 5. The first-order valence-electron chi connectivity index (χ1n) is 8.88. The van der Waals surface area contributed by atoms with Crippen molar-refractivity contribution in [2.75, 3.05) is 17.2 Å². The average molecular weight is 373 g/mol. The molecular weight excluding hydrogens is 354 g/mol. The number of ether oxygens (including phenoxy) is 1. The predicted octanol–water partition coefficient (Wildman–Crippen LogP) is 3.95. The Morgan fingerprint density at radius 2 is 1.96 bits per heavy atom. The highest BCUT2D eigenvalue weighted by Gasteiger charge is 2.15. The standard InChI is InChI=1S/C21H19N5O2/c1-14(27)24-17-6-2-4-15(8-17)19-10-22-12-21(26-19)25-18-7-3-5-16(9-18)20-11-23-13-28-20/h2-10,12-13,20H,11H2,1H3,(H,24,27)(H,25,26). The fourth-order valence-corrected chi connectivity index (χ4v) is 2.97.